The molecule has 0 N–H and O–H groups in total. The van der Waals surface area contributed by atoms with Gasteiger partial charge in [0.15, 0.2) is 5.69 Å². The molecule has 1 aromatic rings. The molecule has 0 unspecified atom stereocenters. The molecule has 0 aliphatic carbocycles. The first kappa shape index (κ1) is 7.33. The van der Waals surface area contributed by atoms with E-state index in [2.05, 4.69) is 5.18 Å². The molecule has 11 heavy (non-hydrogen) atoms. The first-order valence-corrected chi connectivity index (χ1v) is 2.82. The van der Waals surface area contributed by atoms with E-state index in [9.17, 15) is 15.0 Å². The third-order valence-corrected chi connectivity index (χ3v) is 1.18. The van der Waals surface area contributed by atoms with Gasteiger partial charge in [0, 0.05) is 6.07 Å². The van der Waals surface area contributed by atoms with Gasteiger partial charge in [-0.3, -0.25) is 10.1 Å². The number of para-hydroxylation sites is 1. The lowest BCUT2D eigenvalue weighted by atomic mass is 10.3. The number of nitrogens with zero attached hydrogens (tertiary/aromatic N) is 2. The van der Waals surface area contributed by atoms with Gasteiger partial charge in [-0.05, 0) is 11.2 Å². The van der Waals surface area contributed by atoms with Crippen LogP contribution in [0.5, 0.6) is 0 Å². The summed E-state index contributed by atoms with van der Waals surface area (Å²) < 4.78 is 0. The molecule has 0 saturated carbocycles. The molecule has 0 heterocycles. The Morgan fingerprint density at radius 2 is 2.00 bits per heavy atom. The Morgan fingerprint density at radius 3 is 2.45 bits per heavy atom. The van der Waals surface area contributed by atoms with Gasteiger partial charge in [-0.2, -0.15) is 0 Å². The summed E-state index contributed by atoms with van der Waals surface area (Å²) in [6.07, 6.45) is 0. The van der Waals surface area contributed by atoms with Crippen molar-refractivity contribution >= 4 is 11.4 Å². The van der Waals surface area contributed by atoms with Crippen LogP contribution in [0, 0.1) is 15.0 Å². The lowest BCUT2D eigenvalue weighted by Crippen LogP contribution is -1.86. The second-order valence-electron chi connectivity index (χ2n) is 1.84. The van der Waals surface area contributed by atoms with Crippen molar-refractivity contribution in [2.45, 2.75) is 0 Å². The monoisotopic (exact) mass is 152 g/mol. The fourth-order valence-corrected chi connectivity index (χ4v) is 0.696. The van der Waals surface area contributed by atoms with E-state index in [1.54, 1.807) is 0 Å². The third kappa shape index (κ3) is 1.37. The highest BCUT2D eigenvalue weighted by atomic mass is 16.6. The van der Waals surface area contributed by atoms with Crippen LogP contribution in [-0.4, -0.2) is 4.92 Å². The van der Waals surface area contributed by atoms with Crippen LogP contribution in [0.4, 0.5) is 11.4 Å². The molecule has 0 spiro atoms. The average molecular weight is 152 g/mol. The van der Waals surface area contributed by atoms with Gasteiger partial charge in [0.05, 0.1) is 4.92 Å². The fourth-order valence-electron chi connectivity index (χ4n) is 0.696. The molecule has 5 nitrogen and oxygen atoms in total. The first-order chi connectivity index (χ1) is 5.25. The van der Waals surface area contributed by atoms with Crippen LogP contribution in [0.25, 0.3) is 0 Å². The van der Waals surface area contributed by atoms with E-state index >= 15 is 0 Å². The van der Waals surface area contributed by atoms with Crippen molar-refractivity contribution in [3.8, 4) is 0 Å². The van der Waals surface area contributed by atoms with Crippen LogP contribution in [0.2, 0.25) is 0 Å². The van der Waals surface area contributed by atoms with Crippen LogP contribution in [0.1, 0.15) is 0 Å². The molecule has 0 amide bonds. The normalized spacial score (nSPS) is 9.09. The Morgan fingerprint density at radius 1 is 1.36 bits per heavy atom. The van der Waals surface area contributed by atoms with E-state index in [4.69, 9.17) is 0 Å². The summed E-state index contributed by atoms with van der Waals surface area (Å²) in [5, 5.41) is 12.7. The molecular formula is C6H4N2O3. The molecule has 0 aromatic heterocycles. The van der Waals surface area contributed by atoms with Gasteiger partial charge in [-0.25, -0.2) is 0 Å². The topological polar surface area (TPSA) is 72.6 Å². The second-order valence-corrected chi connectivity index (χ2v) is 1.84. The zero-order chi connectivity index (χ0) is 8.27. The van der Waals surface area contributed by atoms with E-state index < -0.39 is 4.92 Å². The summed E-state index contributed by atoms with van der Waals surface area (Å²) in [5.41, 5.74) is -0.403. The highest BCUT2D eigenvalue weighted by molar-refractivity contribution is 5.56. The Hall–Kier alpha value is -1.78. The number of nitro benzene ring substituents is 1. The van der Waals surface area contributed by atoms with Crippen molar-refractivity contribution in [2.75, 3.05) is 0 Å². The molecule has 1 rings (SSSR count). The molecule has 0 atom stereocenters. The van der Waals surface area contributed by atoms with E-state index in [1.807, 2.05) is 0 Å². The maximum atomic E-state index is 10.2. The highest BCUT2D eigenvalue weighted by Gasteiger charge is 2.11. The molecule has 0 bridgehead atoms. The van der Waals surface area contributed by atoms with Crippen LogP contribution in [-0.2, 0) is 0 Å². The van der Waals surface area contributed by atoms with Crippen LogP contribution in [0.15, 0.2) is 29.4 Å². The summed E-state index contributed by atoms with van der Waals surface area (Å²) in [6, 6.07) is 5.53. The van der Waals surface area contributed by atoms with Gasteiger partial charge >= 0.3 is 0 Å². The van der Waals surface area contributed by atoms with Crippen molar-refractivity contribution in [1.82, 2.24) is 0 Å². The summed E-state index contributed by atoms with van der Waals surface area (Å²) >= 11 is 0. The number of hydrogen-bond acceptors (Lipinski definition) is 4. The lowest BCUT2D eigenvalue weighted by molar-refractivity contribution is -0.384. The lowest BCUT2D eigenvalue weighted by Gasteiger charge is -1.90. The van der Waals surface area contributed by atoms with Crippen LogP contribution < -0.4 is 0 Å². The fraction of sp³-hybridized carbons (Fsp3) is 0. The summed E-state index contributed by atoms with van der Waals surface area (Å²) in [5.74, 6) is 0. The first-order valence-electron chi connectivity index (χ1n) is 2.82. The van der Waals surface area contributed by atoms with Crippen LogP contribution in [0.3, 0.4) is 0 Å². The van der Waals surface area contributed by atoms with Crippen molar-refractivity contribution in [1.29, 1.82) is 0 Å². The van der Waals surface area contributed by atoms with Gasteiger partial charge in [0.2, 0.25) is 0 Å². The Balaban J connectivity index is 3.22. The molecular weight excluding hydrogens is 148 g/mol. The predicted molar refractivity (Wildman–Crippen MR) is 38.6 cm³/mol. The smallest absolute Gasteiger partial charge is 0.258 e. The number of benzene rings is 1. The van der Waals surface area contributed by atoms with Crippen molar-refractivity contribution < 1.29 is 4.92 Å². The van der Waals surface area contributed by atoms with Crippen molar-refractivity contribution in [2.24, 2.45) is 5.18 Å². The number of rotatable bonds is 2. The molecule has 1 aromatic carbocycles. The minimum Gasteiger partial charge on any atom is -0.258 e. The van der Waals surface area contributed by atoms with Gasteiger partial charge in [0.25, 0.3) is 5.69 Å². The number of nitro groups is 1. The number of hydrogen-bond donors (Lipinski definition) is 0. The Bertz CT molecular complexity index is 298. The zero-order valence-electron chi connectivity index (χ0n) is 5.43. The molecule has 5 heteroatoms. The minimum atomic E-state index is -0.642. The van der Waals surface area contributed by atoms with Crippen molar-refractivity contribution in [3.63, 3.8) is 0 Å². The standard InChI is InChI=1S/C6H4N2O3/c9-7-5-3-1-2-4-6(5)8(10)11/h1-4H. The molecule has 0 saturated heterocycles. The maximum Gasteiger partial charge on any atom is 0.298 e. The van der Waals surface area contributed by atoms with Crippen molar-refractivity contribution in [3.05, 3.63) is 39.3 Å². The minimum absolute atomic E-state index is 0.141. The molecule has 0 radical (unpaired) electrons. The summed E-state index contributed by atoms with van der Waals surface area (Å²) in [4.78, 5) is 19.5. The molecule has 0 aliphatic heterocycles. The van der Waals surface area contributed by atoms with E-state index in [0.29, 0.717) is 0 Å². The maximum absolute atomic E-state index is 10.2. The summed E-state index contributed by atoms with van der Waals surface area (Å²) in [6.45, 7) is 0. The Labute approximate surface area is 61.8 Å². The van der Waals surface area contributed by atoms with E-state index in [0.717, 1.165) is 0 Å². The highest BCUT2D eigenvalue weighted by Crippen LogP contribution is 2.25. The van der Waals surface area contributed by atoms with Gasteiger partial charge in [-0.1, -0.05) is 12.1 Å². The molecule has 0 fully saturated rings. The van der Waals surface area contributed by atoms with Gasteiger partial charge in [-0.15, -0.1) is 4.91 Å². The predicted octanol–water partition coefficient (Wildman–Crippen LogP) is 1.99. The zero-order valence-corrected chi connectivity index (χ0v) is 5.43. The number of nitroso groups, excluding NO2 is 1. The Kier molecular flexibility index (Phi) is 1.91. The second kappa shape index (κ2) is 2.87. The van der Waals surface area contributed by atoms with E-state index in [1.165, 1.54) is 24.3 Å². The molecule has 0 aliphatic rings. The molecule has 56 valence electrons. The SMILES string of the molecule is O=Nc1ccccc1[N+](=O)[O-]. The largest absolute Gasteiger partial charge is 0.298 e. The van der Waals surface area contributed by atoms with Crippen LogP contribution >= 0.6 is 0 Å². The van der Waals surface area contributed by atoms with E-state index in [-0.39, 0.29) is 11.4 Å². The third-order valence-electron chi connectivity index (χ3n) is 1.18. The van der Waals surface area contributed by atoms with Gasteiger partial charge < -0.3 is 0 Å². The quantitative estimate of drug-likeness (QED) is 0.369. The average Bonchev–Trinajstić information content (AvgIpc) is 2.04. The summed E-state index contributed by atoms with van der Waals surface area (Å²) in [7, 11) is 0. The van der Waals surface area contributed by atoms with Gasteiger partial charge in [0.1, 0.15) is 0 Å².